The van der Waals surface area contributed by atoms with E-state index in [4.69, 9.17) is 14.2 Å². The number of rotatable bonds is 12. The Balaban J connectivity index is 1.87. The van der Waals surface area contributed by atoms with Crippen LogP contribution in [0.5, 0.6) is 11.5 Å². The normalized spacial score (nSPS) is 11.6. The van der Waals surface area contributed by atoms with Gasteiger partial charge in [-0.15, -0.1) is 0 Å². The summed E-state index contributed by atoms with van der Waals surface area (Å²) in [6.45, 7) is 9.59. The smallest absolute Gasteiger partial charge is 0.407 e. The Morgan fingerprint density at radius 1 is 0.967 bits per heavy atom. The highest BCUT2D eigenvalue weighted by molar-refractivity contribution is 5.67. The molecule has 0 aliphatic heterocycles. The molecule has 0 bridgehead atoms. The lowest BCUT2D eigenvalue weighted by Crippen LogP contribution is -2.26. The Kier molecular flexibility index (Phi) is 10.1. The third-order valence-electron chi connectivity index (χ3n) is 4.90. The van der Waals surface area contributed by atoms with Gasteiger partial charge in [0.25, 0.3) is 0 Å². The van der Waals surface area contributed by atoms with Crippen molar-refractivity contribution < 1.29 is 19.0 Å². The topological polar surface area (TPSA) is 56.8 Å². The standard InChI is InChI=1S/C25H35NO4/c1-5-22-23(28-6-2)17-21(18-24(22)29-7-3)19(4)30-25(27)26-16-12-11-15-20-13-9-8-10-14-20/h8-10,13-14,17-19H,5-7,11-12,15-16H2,1-4H3,(H,26,27)/t19-/m1/s1. The zero-order valence-corrected chi connectivity index (χ0v) is 18.7. The molecule has 2 rings (SSSR count). The molecule has 0 aliphatic carbocycles. The van der Waals surface area contributed by atoms with Gasteiger partial charge in [0.2, 0.25) is 0 Å². The van der Waals surface area contributed by atoms with Gasteiger partial charge >= 0.3 is 6.09 Å². The number of hydrogen-bond acceptors (Lipinski definition) is 4. The number of hydrogen-bond donors (Lipinski definition) is 1. The fraction of sp³-hybridized carbons (Fsp3) is 0.480. The molecule has 0 fully saturated rings. The second-order valence-electron chi connectivity index (χ2n) is 7.13. The molecule has 5 heteroatoms. The first kappa shape index (κ1) is 23.6. The van der Waals surface area contributed by atoms with Crippen molar-refractivity contribution in [3.05, 3.63) is 59.2 Å². The zero-order chi connectivity index (χ0) is 21.8. The summed E-state index contributed by atoms with van der Waals surface area (Å²) < 4.78 is 17.2. The molecule has 0 unspecified atom stereocenters. The van der Waals surface area contributed by atoms with Crippen molar-refractivity contribution in [1.29, 1.82) is 0 Å². The van der Waals surface area contributed by atoms with Gasteiger partial charge in [-0.3, -0.25) is 0 Å². The molecule has 0 radical (unpaired) electrons. The van der Waals surface area contributed by atoms with E-state index < -0.39 is 12.2 Å². The van der Waals surface area contributed by atoms with Gasteiger partial charge in [0.05, 0.1) is 13.2 Å². The Hall–Kier alpha value is -2.69. The molecular weight excluding hydrogens is 378 g/mol. The van der Waals surface area contributed by atoms with Gasteiger partial charge in [0, 0.05) is 12.1 Å². The fourth-order valence-corrected chi connectivity index (χ4v) is 3.35. The van der Waals surface area contributed by atoms with Gasteiger partial charge in [-0.2, -0.15) is 0 Å². The van der Waals surface area contributed by atoms with Crippen molar-refractivity contribution in [1.82, 2.24) is 5.32 Å². The van der Waals surface area contributed by atoms with Crippen LogP contribution in [0.1, 0.15) is 63.3 Å². The Morgan fingerprint density at radius 3 is 2.17 bits per heavy atom. The number of nitrogens with one attached hydrogen (secondary N) is 1. The SMILES string of the molecule is CCOc1cc([C@@H](C)OC(=O)NCCCCc2ccccc2)cc(OCC)c1CC. The molecular formula is C25H35NO4. The molecule has 1 amide bonds. The van der Waals surface area contributed by atoms with E-state index >= 15 is 0 Å². The van der Waals surface area contributed by atoms with Crippen LogP contribution in [0.15, 0.2) is 42.5 Å². The molecule has 5 nitrogen and oxygen atoms in total. The van der Waals surface area contributed by atoms with Gasteiger partial charge in [0.1, 0.15) is 17.6 Å². The van der Waals surface area contributed by atoms with E-state index in [0.717, 1.165) is 48.3 Å². The maximum atomic E-state index is 12.2. The van der Waals surface area contributed by atoms with E-state index in [2.05, 4.69) is 24.4 Å². The third kappa shape index (κ3) is 7.29. The third-order valence-corrected chi connectivity index (χ3v) is 4.90. The largest absolute Gasteiger partial charge is 0.493 e. The Labute approximate surface area is 180 Å². The average molecular weight is 414 g/mol. The first-order valence-corrected chi connectivity index (χ1v) is 11.0. The minimum Gasteiger partial charge on any atom is -0.493 e. The van der Waals surface area contributed by atoms with Crippen LogP contribution >= 0.6 is 0 Å². The lowest BCUT2D eigenvalue weighted by atomic mass is 10.0. The van der Waals surface area contributed by atoms with Gasteiger partial charge in [0.15, 0.2) is 0 Å². The van der Waals surface area contributed by atoms with Gasteiger partial charge in [-0.05, 0) is 69.7 Å². The lowest BCUT2D eigenvalue weighted by molar-refractivity contribution is 0.106. The predicted octanol–water partition coefficient (Wildman–Crippen LogP) is 5.86. The number of ether oxygens (including phenoxy) is 3. The number of carbonyl (C=O) groups excluding carboxylic acids is 1. The molecule has 0 spiro atoms. The molecule has 164 valence electrons. The molecule has 1 N–H and O–H groups in total. The minimum atomic E-state index is -0.405. The van der Waals surface area contributed by atoms with Crippen molar-refractivity contribution in [2.24, 2.45) is 0 Å². The molecule has 30 heavy (non-hydrogen) atoms. The van der Waals surface area contributed by atoms with Gasteiger partial charge < -0.3 is 19.5 Å². The second kappa shape index (κ2) is 12.8. The maximum absolute atomic E-state index is 12.2. The summed E-state index contributed by atoms with van der Waals surface area (Å²) in [5.41, 5.74) is 3.22. The Morgan fingerprint density at radius 2 is 1.60 bits per heavy atom. The van der Waals surface area contributed by atoms with E-state index in [1.165, 1.54) is 5.56 Å². The van der Waals surface area contributed by atoms with Crippen LogP contribution in [-0.2, 0) is 17.6 Å². The van der Waals surface area contributed by atoms with Crippen LogP contribution in [0, 0.1) is 0 Å². The highest BCUT2D eigenvalue weighted by atomic mass is 16.6. The maximum Gasteiger partial charge on any atom is 0.407 e. The first-order valence-electron chi connectivity index (χ1n) is 11.0. The van der Waals surface area contributed by atoms with Crippen LogP contribution in [0.3, 0.4) is 0 Å². The Bertz CT molecular complexity index is 749. The molecule has 0 aromatic heterocycles. The van der Waals surface area contributed by atoms with Gasteiger partial charge in [-0.25, -0.2) is 4.79 Å². The van der Waals surface area contributed by atoms with E-state index in [1.54, 1.807) is 0 Å². The number of unbranched alkanes of at least 4 members (excludes halogenated alkanes) is 1. The number of benzene rings is 2. The summed E-state index contributed by atoms with van der Waals surface area (Å²) in [7, 11) is 0. The van der Waals surface area contributed by atoms with Crippen molar-refractivity contribution >= 4 is 6.09 Å². The highest BCUT2D eigenvalue weighted by Gasteiger charge is 2.18. The van der Waals surface area contributed by atoms with E-state index in [9.17, 15) is 4.79 Å². The van der Waals surface area contributed by atoms with Gasteiger partial charge in [-0.1, -0.05) is 37.3 Å². The highest BCUT2D eigenvalue weighted by Crippen LogP contribution is 2.34. The predicted molar refractivity (Wildman–Crippen MR) is 120 cm³/mol. The average Bonchev–Trinajstić information content (AvgIpc) is 2.74. The summed E-state index contributed by atoms with van der Waals surface area (Å²) in [4.78, 5) is 12.2. The number of alkyl carbamates (subject to hydrolysis) is 1. The summed E-state index contributed by atoms with van der Waals surface area (Å²) in [6.07, 6.45) is 2.94. The molecule has 0 aliphatic rings. The quantitative estimate of drug-likeness (QED) is 0.443. The molecule has 0 heterocycles. The number of amides is 1. The van der Waals surface area contributed by atoms with Crippen LogP contribution < -0.4 is 14.8 Å². The van der Waals surface area contributed by atoms with Crippen molar-refractivity contribution in [3.8, 4) is 11.5 Å². The number of carbonyl (C=O) groups is 1. The van der Waals surface area contributed by atoms with E-state index in [0.29, 0.717) is 19.8 Å². The fourth-order valence-electron chi connectivity index (χ4n) is 3.35. The zero-order valence-electron chi connectivity index (χ0n) is 18.7. The molecule has 2 aromatic carbocycles. The molecule has 2 aromatic rings. The summed E-state index contributed by atoms with van der Waals surface area (Å²) >= 11 is 0. The summed E-state index contributed by atoms with van der Waals surface area (Å²) in [6, 6.07) is 14.3. The number of aryl methyl sites for hydroxylation is 1. The summed E-state index contributed by atoms with van der Waals surface area (Å²) in [5.74, 6) is 1.58. The summed E-state index contributed by atoms with van der Waals surface area (Å²) in [5, 5.41) is 2.85. The van der Waals surface area contributed by atoms with Crippen LogP contribution in [0.25, 0.3) is 0 Å². The minimum absolute atomic E-state index is 0.404. The molecule has 1 atom stereocenters. The van der Waals surface area contributed by atoms with Crippen molar-refractivity contribution in [2.75, 3.05) is 19.8 Å². The molecule has 0 saturated heterocycles. The van der Waals surface area contributed by atoms with Crippen molar-refractivity contribution in [3.63, 3.8) is 0 Å². The molecule has 0 saturated carbocycles. The second-order valence-corrected chi connectivity index (χ2v) is 7.13. The van der Waals surface area contributed by atoms with Crippen LogP contribution in [0.4, 0.5) is 4.79 Å². The monoisotopic (exact) mass is 413 g/mol. The van der Waals surface area contributed by atoms with Crippen molar-refractivity contribution in [2.45, 2.75) is 59.5 Å². The van der Waals surface area contributed by atoms with E-state index in [1.807, 2.05) is 51.1 Å². The van der Waals surface area contributed by atoms with E-state index in [-0.39, 0.29) is 0 Å². The van der Waals surface area contributed by atoms with Crippen LogP contribution in [0.2, 0.25) is 0 Å². The lowest BCUT2D eigenvalue weighted by Gasteiger charge is -2.20. The van der Waals surface area contributed by atoms with Crippen LogP contribution in [-0.4, -0.2) is 25.9 Å². The first-order chi connectivity index (χ1) is 14.6.